The van der Waals surface area contributed by atoms with Crippen molar-refractivity contribution < 1.29 is 9.90 Å². The second-order valence-electron chi connectivity index (χ2n) is 7.89. The SMILES string of the molecule is Cc1c(Cc2ccc(C(=O)O)cc2)c2ccccc2n1CCC1CCNCC1. The Morgan fingerprint density at radius 1 is 1.11 bits per heavy atom. The van der Waals surface area contributed by atoms with Gasteiger partial charge in [0.25, 0.3) is 0 Å². The first-order chi connectivity index (χ1) is 13.6. The molecular formula is C24H28N2O2. The predicted molar refractivity (Wildman–Crippen MR) is 113 cm³/mol. The smallest absolute Gasteiger partial charge is 0.335 e. The molecule has 0 radical (unpaired) electrons. The number of fused-ring (bicyclic) bond motifs is 1. The van der Waals surface area contributed by atoms with E-state index in [0.29, 0.717) is 5.56 Å². The van der Waals surface area contributed by atoms with Crippen molar-refractivity contribution in [3.8, 4) is 0 Å². The fourth-order valence-corrected chi connectivity index (χ4v) is 4.47. The molecule has 4 heteroatoms. The van der Waals surface area contributed by atoms with E-state index in [0.717, 1.165) is 37.5 Å². The van der Waals surface area contributed by atoms with Crippen LogP contribution >= 0.6 is 0 Å². The summed E-state index contributed by atoms with van der Waals surface area (Å²) < 4.78 is 2.48. The summed E-state index contributed by atoms with van der Waals surface area (Å²) in [6.07, 6.45) is 4.61. The van der Waals surface area contributed by atoms with Gasteiger partial charge >= 0.3 is 5.97 Å². The Morgan fingerprint density at radius 2 is 1.82 bits per heavy atom. The maximum Gasteiger partial charge on any atom is 0.335 e. The summed E-state index contributed by atoms with van der Waals surface area (Å²) >= 11 is 0. The van der Waals surface area contributed by atoms with Crippen molar-refractivity contribution in [3.63, 3.8) is 0 Å². The third-order valence-corrected chi connectivity index (χ3v) is 6.16. The molecule has 0 spiro atoms. The number of carboxylic acid groups (broad SMARTS) is 1. The zero-order valence-electron chi connectivity index (χ0n) is 16.4. The molecular weight excluding hydrogens is 348 g/mol. The zero-order chi connectivity index (χ0) is 19.5. The van der Waals surface area contributed by atoms with Gasteiger partial charge in [-0.1, -0.05) is 30.3 Å². The number of nitrogens with zero attached hydrogens (tertiary/aromatic N) is 1. The molecule has 2 aromatic carbocycles. The minimum Gasteiger partial charge on any atom is -0.478 e. The molecule has 2 heterocycles. The second-order valence-corrected chi connectivity index (χ2v) is 7.89. The van der Waals surface area contributed by atoms with E-state index < -0.39 is 5.97 Å². The van der Waals surface area contributed by atoms with E-state index in [9.17, 15) is 4.79 Å². The first-order valence-electron chi connectivity index (χ1n) is 10.2. The van der Waals surface area contributed by atoms with Crippen LogP contribution in [0, 0.1) is 12.8 Å². The zero-order valence-corrected chi connectivity index (χ0v) is 16.4. The number of hydrogen-bond donors (Lipinski definition) is 2. The van der Waals surface area contributed by atoms with Crippen LogP contribution in [0.1, 0.15) is 46.4 Å². The number of piperidine rings is 1. The topological polar surface area (TPSA) is 54.3 Å². The predicted octanol–water partition coefficient (Wildman–Crippen LogP) is 4.63. The van der Waals surface area contributed by atoms with Crippen molar-refractivity contribution in [2.24, 2.45) is 5.92 Å². The number of para-hydroxylation sites is 1. The van der Waals surface area contributed by atoms with Crippen LogP contribution in [-0.4, -0.2) is 28.7 Å². The van der Waals surface area contributed by atoms with Gasteiger partial charge in [-0.15, -0.1) is 0 Å². The van der Waals surface area contributed by atoms with Crippen LogP contribution in [0.25, 0.3) is 10.9 Å². The number of hydrogen-bond acceptors (Lipinski definition) is 2. The van der Waals surface area contributed by atoms with E-state index in [1.54, 1.807) is 12.1 Å². The lowest BCUT2D eigenvalue weighted by molar-refractivity contribution is 0.0697. The van der Waals surface area contributed by atoms with E-state index in [1.807, 2.05) is 12.1 Å². The number of aromatic carboxylic acids is 1. The first kappa shape index (κ1) is 18.8. The lowest BCUT2D eigenvalue weighted by Gasteiger charge is -2.23. The summed E-state index contributed by atoms with van der Waals surface area (Å²) in [5.41, 5.74) is 5.48. The molecule has 4 nitrogen and oxygen atoms in total. The third-order valence-electron chi connectivity index (χ3n) is 6.16. The summed E-state index contributed by atoms with van der Waals surface area (Å²) in [6.45, 7) is 5.58. The summed E-state index contributed by atoms with van der Waals surface area (Å²) in [5.74, 6) is -0.0638. The van der Waals surface area contributed by atoms with E-state index >= 15 is 0 Å². The van der Waals surface area contributed by atoms with Gasteiger partial charge in [-0.2, -0.15) is 0 Å². The van der Waals surface area contributed by atoms with Gasteiger partial charge in [0.1, 0.15) is 0 Å². The highest BCUT2D eigenvalue weighted by Crippen LogP contribution is 2.29. The summed E-state index contributed by atoms with van der Waals surface area (Å²) in [4.78, 5) is 11.1. The molecule has 1 aliphatic heterocycles. The Hall–Kier alpha value is -2.59. The van der Waals surface area contributed by atoms with Gasteiger partial charge in [0.05, 0.1) is 5.56 Å². The van der Waals surface area contributed by atoms with Gasteiger partial charge in [-0.05, 0) is 80.9 Å². The van der Waals surface area contributed by atoms with Gasteiger partial charge < -0.3 is 15.0 Å². The van der Waals surface area contributed by atoms with Crippen LogP contribution in [0.3, 0.4) is 0 Å². The number of carbonyl (C=O) groups is 1. The van der Waals surface area contributed by atoms with Crippen LogP contribution < -0.4 is 5.32 Å². The maximum absolute atomic E-state index is 11.1. The molecule has 1 fully saturated rings. The number of rotatable bonds is 6. The van der Waals surface area contributed by atoms with E-state index in [-0.39, 0.29) is 0 Å². The standard InChI is InChI=1S/C24H28N2O2/c1-17-22(16-19-6-8-20(9-7-19)24(27)28)21-4-2-3-5-23(21)26(17)15-12-18-10-13-25-14-11-18/h2-9,18,25H,10-16H2,1H3,(H,27,28). The van der Waals surface area contributed by atoms with Crippen LogP contribution in [0.2, 0.25) is 0 Å². The Labute approximate surface area is 166 Å². The number of aromatic nitrogens is 1. The molecule has 0 saturated carbocycles. The maximum atomic E-state index is 11.1. The summed E-state index contributed by atoms with van der Waals surface area (Å²) in [6, 6.07) is 15.9. The van der Waals surface area contributed by atoms with E-state index in [2.05, 4.69) is 41.1 Å². The van der Waals surface area contributed by atoms with E-state index in [1.165, 1.54) is 41.4 Å². The molecule has 2 N–H and O–H groups in total. The van der Waals surface area contributed by atoms with Gasteiger partial charge in [0, 0.05) is 23.1 Å². The van der Waals surface area contributed by atoms with Crippen molar-refractivity contribution in [2.75, 3.05) is 13.1 Å². The molecule has 1 aliphatic rings. The Bertz CT molecular complexity index is 966. The molecule has 1 aromatic heterocycles. The minimum absolute atomic E-state index is 0.338. The summed E-state index contributed by atoms with van der Waals surface area (Å²) in [5, 5.41) is 13.9. The fourth-order valence-electron chi connectivity index (χ4n) is 4.47. The first-order valence-corrected chi connectivity index (χ1v) is 10.2. The fraction of sp³-hybridized carbons (Fsp3) is 0.375. The van der Waals surface area contributed by atoms with Crippen LogP contribution in [0.5, 0.6) is 0 Å². The molecule has 1 saturated heterocycles. The van der Waals surface area contributed by atoms with Crippen LogP contribution in [-0.2, 0) is 13.0 Å². The molecule has 4 rings (SSSR count). The minimum atomic E-state index is -0.878. The molecule has 0 bridgehead atoms. The van der Waals surface area contributed by atoms with Crippen molar-refractivity contribution in [2.45, 2.75) is 39.2 Å². The van der Waals surface area contributed by atoms with Crippen molar-refractivity contribution in [1.29, 1.82) is 0 Å². The normalized spacial score (nSPS) is 15.2. The molecule has 28 heavy (non-hydrogen) atoms. The highest BCUT2D eigenvalue weighted by molar-refractivity contribution is 5.88. The number of nitrogens with one attached hydrogen (secondary N) is 1. The Kier molecular flexibility index (Phi) is 5.49. The Balaban J connectivity index is 1.61. The van der Waals surface area contributed by atoms with Crippen LogP contribution in [0.4, 0.5) is 0 Å². The lowest BCUT2D eigenvalue weighted by atomic mass is 9.95. The number of carboxylic acids is 1. The quantitative estimate of drug-likeness (QED) is 0.660. The largest absolute Gasteiger partial charge is 0.478 e. The molecule has 0 atom stereocenters. The Morgan fingerprint density at radius 3 is 2.54 bits per heavy atom. The molecule has 0 amide bonds. The average Bonchev–Trinajstić information content (AvgIpc) is 2.99. The van der Waals surface area contributed by atoms with Gasteiger partial charge in [-0.25, -0.2) is 4.79 Å². The number of benzene rings is 2. The highest BCUT2D eigenvalue weighted by Gasteiger charge is 2.17. The van der Waals surface area contributed by atoms with E-state index in [4.69, 9.17) is 5.11 Å². The van der Waals surface area contributed by atoms with Gasteiger partial charge in [0.2, 0.25) is 0 Å². The van der Waals surface area contributed by atoms with Gasteiger partial charge in [-0.3, -0.25) is 0 Å². The van der Waals surface area contributed by atoms with Crippen molar-refractivity contribution in [1.82, 2.24) is 9.88 Å². The van der Waals surface area contributed by atoms with Gasteiger partial charge in [0.15, 0.2) is 0 Å². The van der Waals surface area contributed by atoms with Crippen molar-refractivity contribution in [3.05, 3.63) is 70.9 Å². The van der Waals surface area contributed by atoms with Crippen molar-refractivity contribution >= 4 is 16.9 Å². The summed E-state index contributed by atoms with van der Waals surface area (Å²) in [7, 11) is 0. The lowest BCUT2D eigenvalue weighted by Crippen LogP contribution is -2.28. The molecule has 0 unspecified atom stereocenters. The number of aryl methyl sites for hydroxylation is 1. The third kappa shape index (κ3) is 3.83. The highest BCUT2D eigenvalue weighted by atomic mass is 16.4. The average molecular weight is 377 g/mol. The second kappa shape index (κ2) is 8.19. The van der Waals surface area contributed by atoms with Crippen LogP contribution in [0.15, 0.2) is 48.5 Å². The monoisotopic (exact) mass is 376 g/mol. The molecule has 0 aliphatic carbocycles. The molecule has 3 aromatic rings. The molecule has 146 valence electrons.